The molecule has 0 spiro atoms. The number of hydrogen-bond acceptors (Lipinski definition) is 9. The number of halogens is 3. The average molecular weight is 1230 g/mol. The molecule has 385 valence electrons. The van der Waals surface area contributed by atoms with Crippen molar-refractivity contribution in [1.82, 2.24) is 0 Å². The Morgan fingerprint density at radius 2 is 1.16 bits per heavy atom. The molecular weight excluding hydrogens is 1180 g/mol. The van der Waals surface area contributed by atoms with Crippen LogP contribution in [0.3, 0.4) is 0 Å². The van der Waals surface area contributed by atoms with E-state index in [4.69, 9.17) is 49.3 Å². The van der Waals surface area contributed by atoms with Crippen LogP contribution in [-0.4, -0.2) is 19.6 Å². The van der Waals surface area contributed by atoms with Crippen LogP contribution in [0.4, 0.5) is 45.8 Å². The zero-order valence-electron chi connectivity index (χ0n) is 41.1. The molecular formula is C59H53Cl3IrN9O3-3. The molecule has 16 heteroatoms. The van der Waals surface area contributed by atoms with Gasteiger partial charge in [0.15, 0.2) is 11.4 Å². The average Bonchev–Trinajstić information content (AvgIpc) is 4.10. The van der Waals surface area contributed by atoms with Gasteiger partial charge in [-0.1, -0.05) is 108 Å². The molecule has 18 bridgehead atoms. The Kier molecular flexibility index (Phi) is 13.1. The van der Waals surface area contributed by atoms with Gasteiger partial charge in [-0.05, 0) is 117 Å². The van der Waals surface area contributed by atoms with Crippen LogP contribution in [0.25, 0.3) is 0 Å². The first-order valence-electron chi connectivity index (χ1n) is 26.0. The van der Waals surface area contributed by atoms with Crippen molar-refractivity contribution in [2.24, 2.45) is 5.92 Å². The molecule has 1 unspecified atom stereocenters. The smallest absolute Gasteiger partial charge is 0.228 e. The van der Waals surface area contributed by atoms with Crippen LogP contribution in [-0.2, 0) is 58.6 Å². The Labute approximate surface area is 466 Å². The third-order valence-corrected chi connectivity index (χ3v) is 16.2. The molecule has 8 aliphatic heterocycles. The first-order valence-corrected chi connectivity index (χ1v) is 27.1. The summed E-state index contributed by atoms with van der Waals surface area (Å²) in [5.74, 6) is 4.26. The number of benzene rings is 4. The van der Waals surface area contributed by atoms with Crippen LogP contribution in [0.5, 0.6) is 17.2 Å². The van der Waals surface area contributed by atoms with Crippen LogP contribution in [0.15, 0.2) is 97.6 Å². The van der Waals surface area contributed by atoms with Gasteiger partial charge in [-0.25, -0.2) is 22.0 Å². The first-order chi connectivity index (χ1) is 36.3. The summed E-state index contributed by atoms with van der Waals surface area (Å²) >= 11 is 20.5. The number of nitrogens with one attached hydrogen (secondary N) is 1. The van der Waals surface area contributed by atoms with Crippen LogP contribution < -0.4 is 58.5 Å². The maximum Gasteiger partial charge on any atom is 0.228 e. The minimum atomic E-state index is 0. The number of aromatic nitrogens is 3. The molecule has 1 N–H and O–H groups in total. The molecule has 4 aromatic carbocycles. The van der Waals surface area contributed by atoms with Crippen molar-refractivity contribution < 1.29 is 48.8 Å². The quantitative estimate of drug-likeness (QED) is 0.118. The molecule has 8 aliphatic rings. The predicted molar refractivity (Wildman–Crippen MR) is 286 cm³/mol. The van der Waals surface area contributed by atoms with E-state index >= 15 is 0 Å². The van der Waals surface area contributed by atoms with Crippen molar-refractivity contribution in [3.8, 4) is 17.2 Å². The van der Waals surface area contributed by atoms with Crippen molar-refractivity contribution in [1.29, 1.82) is 0 Å². The topological polar surface area (TPSA) is 67.6 Å². The summed E-state index contributed by atoms with van der Waals surface area (Å²) in [5.41, 5.74) is 13.5. The SMILES string of the molecule is Clc1cc2c3c(c1)N([CH-]N3)CCCc1cc3ccc1CCCN1[CH-]N4c5c(cc(Cl)cc51)O[n+]1ccc([c-]c14)CCC(CCCc1c[c-]c[n+](c1)O2)CCc1[c-]c2[n+](cc1)Oc1cc(Cl)cc4c1N2[CH-]N4CCC3.[Ir]. The summed E-state index contributed by atoms with van der Waals surface area (Å²) in [4.78, 5) is 31.0. The van der Waals surface area contributed by atoms with Gasteiger partial charge in [0.1, 0.15) is 12.4 Å². The monoisotopic (exact) mass is 1230 g/mol. The molecule has 75 heavy (non-hydrogen) atoms. The van der Waals surface area contributed by atoms with Gasteiger partial charge in [0, 0.05) is 59.1 Å². The third-order valence-electron chi connectivity index (χ3n) is 15.5. The second-order valence-corrected chi connectivity index (χ2v) is 21.7. The van der Waals surface area contributed by atoms with E-state index in [1.807, 2.05) is 59.0 Å². The van der Waals surface area contributed by atoms with Crippen LogP contribution >= 0.6 is 34.8 Å². The number of rotatable bonds is 0. The molecule has 12 nitrogen and oxygen atoms in total. The van der Waals surface area contributed by atoms with Crippen LogP contribution in [0.2, 0.25) is 15.1 Å². The summed E-state index contributed by atoms with van der Waals surface area (Å²) in [7, 11) is 0. The molecule has 0 saturated carbocycles. The fourth-order valence-electron chi connectivity index (χ4n) is 11.9. The zero-order chi connectivity index (χ0) is 49.4. The van der Waals surface area contributed by atoms with E-state index in [2.05, 4.69) is 116 Å². The minimum Gasteiger partial charge on any atom is -0.511 e. The van der Waals surface area contributed by atoms with E-state index in [1.54, 1.807) is 4.73 Å². The van der Waals surface area contributed by atoms with Crippen LogP contribution in [0.1, 0.15) is 78.3 Å². The predicted octanol–water partition coefficient (Wildman–Crippen LogP) is 11.3. The normalized spacial score (nSPS) is 18.4. The van der Waals surface area contributed by atoms with E-state index in [1.165, 1.54) is 16.7 Å². The molecule has 11 heterocycles. The van der Waals surface area contributed by atoms with Gasteiger partial charge in [-0.2, -0.15) is 24.9 Å². The Hall–Kier alpha value is -5.95. The van der Waals surface area contributed by atoms with Crippen LogP contribution in [0, 0.1) is 44.1 Å². The van der Waals surface area contributed by atoms with E-state index < -0.39 is 0 Å². The molecule has 1 atom stereocenters. The molecule has 7 aromatic rings. The molecule has 1 radical (unpaired) electrons. The second-order valence-electron chi connectivity index (χ2n) is 20.4. The van der Waals surface area contributed by atoms with E-state index in [0.29, 0.717) is 26.7 Å². The van der Waals surface area contributed by atoms with Crippen molar-refractivity contribution in [2.45, 2.75) is 83.5 Å². The number of hydrogen-bond donors (Lipinski definition) is 1. The Morgan fingerprint density at radius 3 is 1.83 bits per heavy atom. The Bertz CT molecular complexity index is 3380. The Balaban J connectivity index is 0.00000541. The summed E-state index contributed by atoms with van der Waals surface area (Å²) in [6, 6.07) is 36.3. The second kappa shape index (κ2) is 20.2. The molecule has 0 aliphatic carbocycles. The molecule has 0 saturated heterocycles. The van der Waals surface area contributed by atoms with E-state index in [9.17, 15) is 0 Å². The molecule has 0 fully saturated rings. The van der Waals surface area contributed by atoms with Crippen molar-refractivity contribution in [2.75, 3.05) is 49.5 Å². The molecule has 15 rings (SSSR count). The van der Waals surface area contributed by atoms with Crippen molar-refractivity contribution >= 4 is 80.6 Å². The number of nitrogens with zero attached hydrogens (tertiary/aromatic N) is 8. The van der Waals surface area contributed by atoms with Gasteiger partial charge in [-0.15, -0.1) is 17.7 Å². The number of anilines is 8. The largest absolute Gasteiger partial charge is 0.511 e. The fourth-order valence-corrected chi connectivity index (χ4v) is 12.5. The maximum atomic E-state index is 6.85. The van der Waals surface area contributed by atoms with E-state index in [0.717, 1.165) is 177 Å². The van der Waals surface area contributed by atoms with Gasteiger partial charge in [0.25, 0.3) is 0 Å². The Morgan fingerprint density at radius 1 is 0.573 bits per heavy atom. The third kappa shape index (κ3) is 9.36. The van der Waals surface area contributed by atoms with Gasteiger partial charge >= 0.3 is 0 Å². The standard InChI is InChI=1S/C59H53Cl3N9O3.Ir/c60-46-29-49-57-52(32-46)72-67-23-3-9-43(35-67)7-1-6-39-12-14-41-18-24-70-55(27-41)68-37-65(50-30-47(61)33-53(73-70)58(50)68)21-2-8-40-16-17-44(45(26-40)11-5-20-64(49)36-63-57)10-4-22-66-38-69-56-28-42(15-13-39)19-25-71(56)74-54-34-48(62)31-51(66)59(54)69;/h9,16-19,23-26,29-39,63H,1-2,4-8,10-15,20-22H2;/q-3;. The van der Waals surface area contributed by atoms with Gasteiger partial charge < -0.3 is 29.8 Å². The zero-order valence-corrected chi connectivity index (χ0v) is 45.8. The number of fused-ring (bicyclic) bond motifs is 6. The summed E-state index contributed by atoms with van der Waals surface area (Å²) in [6.45, 7) is 8.88. The minimum absolute atomic E-state index is 0. The van der Waals surface area contributed by atoms with Gasteiger partial charge in [0.05, 0.1) is 29.5 Å². The van der Waals surface area contributed by atoms with E-state index in [-0.39, 0.29) is 20.1 Å². The fraction of sp³-hybridized carbons (Fsp3) is 0.288. The maximum absolute atomic E-state index is 6.85. The first kappa shape index (κ1) is 48.7. The van der Waals surface area contributed by atoms with Gasteiger partial charge in [-0.3, -0.25) is 9.68 Å². The summed E-state index contributed by atoms with van der Waals surface area (Å²) in [6.07, 6.45) is 20.2. The van der Waals surface area contributed by atoms with Crippen molar-refractivity contribution in [3.63, 3.8) is 0 Å². The van der Waals surface area contributed by atoms with Crippen molar-refractivity contribution in [3.05, 3.63) is 184 Å². The number of aryl methyl sites for hydroxylation is 6. The molecule has 0 amide bonds. The number of pyridine rings is 3. The molecule has 3 aromatic heterocycles. The summed E-state index contributed by atoms with van der Waals surface area (Å²) in [5, 5.41) is 5.43. The summed E-state index contributed by atoms with van der Waals surface area (Å²) < 4.78 is 5.40. The van der Waals surface area contributed by atoms with Gasteiger partial charge in [0.2, 0.25) is 28.9 Å².